The Morgan fingerprint density at radius 2 is 1.94 bits per heavy atom. The molecule has 0 fully saturated rings. The average Bonchev–Trinajstić information content (AvgIpc) is 2.26. The number of aliphatic carboxylic acids is 1. The molecule has 0 aliphatic heterocycles. The first-order valence-electron chi connectivity index (χ1n) is 5.36. The molecule has 7 heteroatoms. The van der Waals surface area contributed by atoms with E-state index in [1.165, 1.54) is 0 Å². The Bertz CT molecular complexity index is 266. The van der Waals surface area contributed by atoms with Gasteiger partial charge in [0.1, 0.15) is 12.4 Å². The number of hydrogen-bond donors (Lipinski definition) is 1. The quantitative estimate of drug-likeness (QED) is 0.448. The van der Waals surface area contributed by atoms with Gasteiger partial charge in [-0.3, -0.25) is 13.8 Å². The highest BCUT2D eigenvalue weighted by Gasteiger charge is 2.10. The first-order valence-corrected chi connectivity index (χ1v) is 6.85. The molecule has 0 aromatic carbocycles. The van der Waals surface area contributed by atoms with E-state index in [2.05, 4.69) is 0 Å². The Hall–Kier alpha value is -0.950. The fraction of sp³-hybridized carbons (Fsp3) is 0.800. The SMILES string of the molecule is CCCOCCOC(=O)CS(=O)CCC(=O)O. The second kappa shape index (κ2) is 10.2. The lowest BCUT2D eigenvalue weighted by Gasteiger charge is -2.05. The van der Waals surface area contributed by atoms with E-state index in [0.717, 1.165) is 6.42 Å². The number of carbonyl (C=O) groups is 2. The highest BCUT2D eigenvalue weighted by atomic mass is 32.2. The molecule has 0 bridgehead atoms. The highest BCUT2D eigenvalue weighted by molar-refractivity contribution is 7.85. The van der Waals surface area contributed by atoms with Gasteiger partial charge in [-0.25, -0.2) is 0 Å². The molecule has 0 rings (SSSR count). The average molecular weight is 266 g/mol. The van der Waals surface area contributed by atoms with E-state index < -0.39 is 22.7 Å². The number of ether oxygens (including phenoxy) is 2. The zero-order valence-electron chi connectivity index (χ0n) is 9.85. The Morgan fingerprint density at radius 1 is 1.24 bits per heavy atom. The molecule has 0 aromatic rings. The summed E-state index contributed by atoms with van der Waals surface area (Å²) in [6, 6.07) is 0. The minimum absolute atomic E-state index is 0.0310. The third-order valence-electron chi connectivity index (χ3n) is 1.66. The predicted molar refractivity (Wildman–Crippen MR) is 62.2 cm³/mol. The first-order chi connectivity index (χ1) is 8.06. The van der Waals surface area contributed by atoms with E-state index >= 15 is 0 Å². The van der Waals surface area contributed by atoms with Crippen molar-refractivity contribution >= 4 is 22.7 Å². The minimum Gasteiger partial charge on any atom is -0.481 e. The van der Waals surface area contributed by atoms with Crippen LogP contribution in [0.4, 0.5) is 0 Å². The molecule has 6 nitrogen and oxygen atoms in total. The van der Waals surface area contributed by atoms with Crippen LogP contribution >= 0.6 is 0 Å². The number of hydrogen-bond acceptors (Lipinski definition) is 5. The molecule has 1 N–H and O–H groups in total. The van der Waals surface area contributed by atoms with Crippen LogP contribution < -0.4 is 0 Å². The van der Waals surface area contributed by atoms with Gasteiger partial charge in [-0.05, 0) is 6.42 Å². The van der Waals surface area contributed by atoms with Crippen LogP contribution in [0.5, 0.6) is 0 Å². The van der Waals surface area contributed by atoms with Gasteiger partial charge >= 0.3 is 11.9 Å². The highest BCUT2D eigenvalue weighted by Crippen LogP contribution is 1.91. The Balaban J connectivity index is 3.50. The molecule has 1 unspecified atom stereocenters. The lowest BCUT2D eigenvalue weighted by atomic mass is 10.5. The third-order valence-corrected chi connectivity index (χ3v) is 2.88. The van der Waals surface area contributed by atoms with Gasteiger partial charge in [0.05, 0.1) is 13.0 Å². The zero-order valence-corrected chi connectivity index (χ0v) is 10.7. The number of esters is 1. The van der Waals surface area contributed by atoms with Crippen molar-refractivity contribution in [3.63, 3.8) is 0 Å². The molecule has 0 saturated heterocycles. The van der Waals surface area contributed by atoms with E-state index in [0.29, 0.717) is 13.2 Å². The van der Waals surface area contributed by atoms with Gasteiger partial charge in [-0.15, -0.1) is 0 Å². The van der Waals surface area contributed by atoms with Crippen LogP contribution in [0.3, 0.4) is 0 Å². The van der Waals surface area contributed by atoms with Gasteiger partial charge in [0.25, 0.3) is 0 Å². The summed E-state index contributed by atoms with van der Waals surface area (Å²) >= 11 is 0. The molecule has 100 valence electrons. The van der Waals surface area contributed by atoms with Crippen LogP contribution in [-0.4, -0.2) is 52.6 Å². The molecule has 0 heterocycles. The molecule has 0 saturated carbocycles. The minimum atomic E-state index is -1.48. The van der Waals surface area contributed by atoms with Crippen LogP contribution in [0.15, 0.2) is 0 Å². The second-order valence-electron chi connectivity index (χ2n) is 3.26. The second-order valence-corrected chi connectivity index (χ2v) is 4.84. The zero-order chi connectivity index (χ0) is 13.1. The summed E-state index contributed by atoms with van der Waals surface area (Å²) in [4.78, 5) is 21.3. The molecule has 0 radical (unpaired) electrons. The lowest BCUT2D eigenvalue weighted by molar-refractivity contribution is -0.142. The molecule has 17 heavy (non-hydrogen) atoms. The van der Waals surface area contributed by atoms with Gasteiger partial charge in [-0.2, -0.15) is 0 Å². The van der Waals surface area contributed by atoms with Crippen molar-refractivity contribution in [1.29, 1.82) is 0 Å². The van der Waals surface area contributed by atoms with Crippen molar-refractivity contribution in [3.8, 4) is 0 Å². The summed E-state index contributed by atoms with van der Waals surface area (Å²) in [5.41, 5.74) is 0. The Kier molecular flexibility index (Phi) is 9.65. The van der Waals surface area contributed by atoms with E-state index in [1.807, 2.05) is 6.92 Å². The number of rotatable bonds is 10. The van der Waals surface area contributed by atoms with Gasteiger partial charge in [-0.1, -0.05) is 6.92 Å². The largest absolute Gasteiger partial charge is 0.481 e. The summed E-state index contributed by atoms with van der Waals surface area (Å²) in [7, 11) is -1.48. The molecule has 0 aliphatic rings. The summed E-state index contributed by atoms with van der Waals surface area (Å²) in [6.07, 6.45) is 0.687. The van der Waals surface area contributed by atoms with E-state index in [-0.39, 0.29) is 24.5 Å². The Morgan fingerprint density at radius 3 is 2.53 bits per heavy atom. The van der Waals surface area contributed by atoms with Crippen LogP contribution in [0, 0.1) is 0 Å². The fourth-order valence-electron chi connectivity index (χ4n) is 0.907. The summed E-state index contributed by atoms with van der Waals surface area (Å²) < 4.78 is 21.1. The molecule has 0 aliphatic carbocycles. The van der Waals surface area contributed by atoms with Gasteiger partial charge in [0.2, 0.25) is 0 Å². The molecular weight excluding hydrogens is 248 g/mol. The number of carboxylic acids is 1. The topological polar surface area (TPSA) is 89.9 Å². The van der Waals surface area contributed by atoms with Crippen molar-refractivity contribution in [2.75, 3.05) is 31.3 Å². The molecule has 0 amide bonds. The standard InChI is InChI=1S/C10H18O6S/c1-2-4-15-5-6-16-10(13)8-17(14)7-3-9(11)12/h2-8H2,1H3,(H,11,12). The summed E-state index contributed by atoms with van der Waals surface area (Å²) in [5, 5.41) is 8.35. The predicted octanol–water partition coefficient (Wildman–Crippen LogP) is 0.180. The van der Waals surface area contributed by atoms with E-state index in [1.54, 1.807) is 0 Å². The maximum atomic E-state index is 11.2. The summed E-state index contributed by atoms with van der Waals surface area (Å²) in [5.74, 6) is -1.91. The van der Waals surface area contributed by atoms with Crippen LogP contribution in [0.1, 0.15) is 19.8 Å². The lowest BCUT2D eigenvalue weighted by Crippen LogP contribution is -2.19. The monoisotopic (exact) mass is 266 g/mol. The van der Waals surface area contributed by atoms with Gasteiger partial charge < -0.3 is 14.6 Å². The molecular formula is C10H18O6S. The summed E-state index contributed by atoms with van der Waals surface area (Å²) in [6.45, 7) is 3.04. The molecule has 0 spiro atoms. The van der Waals surface area contributed by atoms with E-state index in [4.69, 9.17) is 14.6 Å². The van der Waals surface area contributed by atoms with Gasteiger partial charge in [0, 0.05) is 23.2 Å². The Labute approximate surface area is 103 Å². The van der Waals surface area contributed by atoms with Crippen LogP contribution in [-0.2, 0) is 29.9 Å². The first kappa shape index (κ1) is 16.1. The van der Waals surface area contributed by atoms with Crippen molar-refractivity contribution in [2.45, 2.75) is 19.8 Å². The van der Waals surface area contributed by atoms with Crippen molar-refractivity contribution in [2.24, 2.45) is 0 Å². The van der Waals surface area contributed by atoms with E-state index in [9.17, 15) is 13.8 Å². The molecule has 0 aromatic heterocycles. The van der Waals surface area contributed by atoms with Crippen LogP contribution in [0.2, 0.25) is 0 Å². The maximum absolute atomic E-state index is 11.2. The smallest absolute Gasteiger partial charge is 0.318 e. The van der Waals surface area contributed by atoms with Crippen LogP contribution in [0.25, 0.3) is 0 Å². The van der Waals surface area contributed by atoms with Crippen molar-refractivity contribution in [1.82, 2.24) is 0 Å². The normalized spacial score (nSPS) is 12.1. The van der Waals surface area contributed by atoms with Crippen molar-refractivity contribution in [3.05, 3.63) is 0 Å². The fourth-order valence-corrected chi connectivity index (χ4v) is 1.80. The number of carboxylic acid groups (broad SMARTS) is 1. The maximum Gasteiger partial charge on any atom is 0.318 e. The molecule has 1 atom stereocenters. The van der Waals surface area contributed by atoms with Crippen molar-refractivity contribution < 1.29 is 28.4 Å². The van der Waals surface area contributed by atoms with Gasteiger partial charge in [0.15, 0.2) is 0 Å². The third kappa shape index (κ3) is 11.3. The number of carbonyl (C=O) groups excluding carboxylic acids is 1.